The summed E-state index contributed by atoms with van der Waals surface area (Å²) in [6.07, 6.45) is 7.64. The van der Waals surface area contributed by atoms with E-state index in [1.54, 1.807) is 4.90 Å². The summed E-state index contributed by atoms with van der Waals surface area (Å²) in [5, 5.41) is 0. The van der Waals surface area contributed by atoms with E-state index in [0.29, 0.717) is 24.0 Å². The normalized spacial score (nSPS) is 16.2. The topological polar surface area (TPSA) is 97.5 Å². The molecule has 1 aliphatic carbocycles. The molecule has 3 rings (SSSR count). The Labute approximate surface area is 197 Å². The molecule has 1 heterocycles. The van der Waals surface area contributed by atoms with Gasteiger partial charge in [-0.25, -0.2) is 4.99 Å². The minimum absolute atomic E-state index is 0.0173. The first-order valence-electron chi connectivity index (χ1n) is 12.2. The van der Waals surface area contributed by atoms with Crippen LogP contribution in [0.3, 0.4) is 0 Å². The number of esters is 1. The number of benzene rings is 1. The summed E-state index contributed by atoms with van der Waals surface area (Å²) in [4.78, 5) is 33.3. The van der Waals surface area contributed by atoms with Crippen molar-refractivity contribution in [1.82, 2.24) is 9.80 Å². The summed E-state index contributed by atoms with van der Waals surface area (Å²) in [5.41, 5.74) is 7.65. The Bertz CT molecular complexity index is 849. The van der Waals surface area contributed by atoms with Crippen LogP contribution >= 0.6 is 0 Å². The number of fused-ring (bicyclic) bond motifs is 1. The van der Waals surface area contributed by atoms with Crippen molar-refractivity contribution in [2.75, 3.05) is 19.7 Å². The van der Waals surface area contributed by atoms with Crippen LogP contribution in [0, 0.1) is 0 Å². The molecule has 182 valence electrons. The van der Waals surface area contributed by atoms with E-state index in [1.807, 2.05) is 36.9 Å². The fourth-order valence-electron chi connectivity index (χ4n) is 4.46. The molecule has 1 aromatic carbocycles. The van der Waals surface area contributed by atoms with Gasteiger partial charge in [0.05, 0.1) is 6.10 Å². The third-order valence-corrected chi connectivity index (χ3v) is 6.12. The Morgan fingerprint density at radius 1 is 1.24 bits per heavy atom. The third-order valence-electron chi connectivity index (χ3n) is 6.12. The van der Waals surface area contributed by atoms with Crippen molar-refractivity contribution in [1.29, 1.82) is 0 Å². The lowest BCUT2D eigenvalue weighted by Crippen LogP contribution is -2.44. The molecular weight excluding hydrogens is 420 g/mol. The molecule has 2 aliphatic rings. The highest BCUT2D eigenvalue weighted by Crippen LogP contribution is 2.35. The summed E-state index contributed by atoms with van der Waals surface area (Å²) in [6.45, 7) is 6.98. The average molecular weight is 459 g/mol. The van der Waals surface area contributed by atoms with E-state index in [9.17, 15) is 9.59 Å². The average Bonchev–Trinajstić information content (AvgIpc) is 2.78. The van der Waals surface area contributed by atoms with Gasteiger partial charge < -0.3 is 25.0 Å². The monoisotopic (exact) mass is 458 g/mol. The van der Waals surface area contributed by atoms with Gasteiger partial charge in [-0.1, -0.05) is 44.7 Å². The molecule has 0 radical (unpaired) electrons. The van der Waals surface area contributed by atoms with Crippen LogP contribution in [0.15, 0.2) is 23.2 Å². The highest BCUT2D eigenvalue weighted by Gasteiger charge is 2.27. The molecule has 0 bridgehead atoms. The zero-order chi connectivity index (χ0) is 23.8. The zero-order valence-electron chi connectivity index (χ0n) is 20.2. The Balaban J connectivity index is 1.66. The second kappa shape index (κ2) is 11.9. The molecular formula is C25H38N4O4. The first-order valence-corrected chi connectivity index (χ1v) is 12.2. The Morgan fingerprint density at radius 2 is 2.00 bits per heavy atom. The van der Waals surface area contributed by atoms with Gasteiger partial charge in [0.2, 0.25) is 0 Å². The number of carbonyl (C=O) groups is 2. The van der Waals surface area contributed by atoms with Gasteiger partial charge in [0.1, 0.15) is 18.0 Å². The number of unbranched alkanes of at least 4 members (excludes halogenated alkanes) is 1. The van der Waals surface area contributed by atoms with Crippen LogP contribution in [0.4, 0.5) is 5.69 Å². The number of nitrogens with two attached hydrogens (primary N) is 1. The van der Waals surface area contributed by atoms with Gasteiger partial charge in [0, 0.05) is 24.7 Å². The number of carbonyl (C=O) groups excluding carboxylic acids is 2. The minimum atomic E-state index is -0.348. The summed E-state index contributed by atoms with van der Waals surface area (Å²) in [7, 11) is 0. The molecule has 1 aromatic rings. The molecule has 0 aromatic heterocycles. The molecule has 0 saturated heterocycles. The van der Waals surface area contributed by atoms with Crippen LogP contribution < -0.4 is 10.5 Å². The predicted octanol–water partition coefficient (Wildman–Crippen LogP) is 3.74. The standard InChI is InChI=1S/C25H38N4O4/c1-4-5-14-29(20-11-7-6-8-12-20)22(30)17-32-21-13-9-10-19-15-28(25(26)27-24(19)21)16-23(31)33-18(2)3/h9-10,13,18,20H,4-8,11-12,14-17H2,1-3H3,(H2,26,27). The second-order valence-electron chi connectivity index (χ2n) is 9.15. The van der Waals surface area contributed by atoms with Gasteiger partial charge in [-0.2, -0.15) is 0 Å². The van der Waals surface area contributed by atoms with E-state index in [1.165, 1.54) is 19.3 Å². The van der Waals surface area contributed by atoms with Crippen LogP contribution in [-0.4, -0.2) is 59.5 Å². The van der Waals surface area contributed by atoms with Crippen LogP contribution in [-0.2, 0) is 20.9 Å². The van der Waals surface area contributed by atoms with E-state index in [-0.39, 0.29) is 37.1 Å². The van der Waals surface area contributed by atoms with Crippen LogP contribution in [0.25, 0.3) is 0 Å². The molecule has 33 heavy (non-hydrogen) atoms. The van der Waals surface area contributed by atoms with Gasteiger partial charge in [0.15, 0.2) is 12.6 Å². The maximum Gasteiger partial charge on any atom is 0.325 e. The number of hydrogen-bond acceptors (Lipinski definition) is 7. The number of aliphatic imine (C=N–C) groups is 1. The van der Waals surface area contributed by atoms with Gasteiger partial charge >= 0.3 is 5.97 Å². The highest BCUT2D eigenvalue weighted by atomic mass is 16.5. The van der Waals surface area contributed by atoms with Gasteiger partial charge in [-0.15, -0.1) is 0 Å². The smallest absolute Gasteiger partial charge is 0.325 e. The largest absolute Gasteiger partial charge is 0.481 e. The van der Waals surface area contributed by atoms with Crippen molar-refractivity contribution in [3.05, 3.63) is 23.8 Å². The van der Waals surface area contributed by atoms with Gasteiger partial charge in [-0.05, 0) is 39.2 Å². The van der Waals surface area contributed by atoms with Crippen molar-refractivity contribution < 1.29 is 19.1 Å². The quantitative estimate of drug-likeness (QED) is 0.537. The van der Waals surface area contributed by atoms with E-state index in [2.05, 4.69) is 11.9 Å². The lowest BCUT2D eigenvalue weighted by molar-refractivity contribution is -0.147. The number of para-hydroxylation sites is 1. The van der Waals surface area contributed by atoms with Gasteiger partial charge in [-0.3, -0.25) is 9.59 Å². The van der Waals surface area contributed by atoms with E-state index < -0.39 is 0 Å². The highest BCUT2D eigenvalue weighted by molar-refractivity contribution is 5.88. The van der Waals surface area contributed by atoms with Crippen LogP contribution in [0.2, 0.25) is 0 Å². The molecule has 0 atom stereocenters. The zero-order valence-corrected chi connectivity index (χ0v) is 20.2. The van der Waals surface area contributed by atoms with Crippen molar-refractivity contribution in [3.63, 3.8) is 0 Å². The Hall–Kier alpha value is -2.77. The van der Waals surface area contributed by atoms with Crippen molar-refractivity contribution in [3.8, 4) is 5.75 Å². The SMILES string of the molecule is CCCCN(C(=O)COc1cccc2c1N=C(N)N(CC(=O)OC(C)C)C2)C1CCCCC1. The molecule has 2 N–H and O–H groups in total. The molecule has 1 fully saturated rings. The summed E-state index contributed by atoms with van der Waals surface area (Å²) in [5.74, 6) is 0.447. The maximum atomic E-state index is 13.1. The molecule has 8 nitrogen and oxygen atoms in total. The Morgan fingerprint density at radius 3 is 2.70 bits per heavy atom. The Kier molecular flexibility index (Phi) is 8.97. The lowest BCUT2D eigenvalue weighted by Gasteiger charge is -2.34. The second-order valence-corrected chi connectivity index (χ2v) is 9.15. The van der Waals surface area contributed by atoms with Crippen molar-refractivity contribution in [2.24, 2.45) is 10.7 Å². The number of nitrogens with zero attached hydrogens (tertiary/aromatic N) is 3. The number of hydrogen-bond donors (Lipinski definition) is 1. The van der Waals surface area contributed by atoms with E-state index >= 15 is 0 Å². The summed E-state index contributed by atoms with van der Waals surface area (Å²) >= 11 is 0. The number of amides is 1. The third kappa shape index (κ3) is 6.85. The first kappa shape index (κ1) is 24.9. The molecule has 1 aliphatic heterocycles. The number of rotatable bonds is 10. The fraction of sp³-hybridized carbons (Fsp3) is 0.640. The van der Waals surface area contributed by atoms with E-state index in [0.717, 1.165) is 37.8 Å². The summed E-state index contributed by atoms with van der Waals surface area (Å²) < 4.78 is 11.2. The lowest BCUT2D eigenvalue weighted by atomic mass is 9.94. The van der Waals surface area contributed by atoms with Crippen LogP contribution in [0.1, 0.15) is 71.3 Å². The minimum Gasteiger partial charge on any atom is -0.481 e. The van der Waals surface area contributed by atoms with Crippen molar-refractivity contribution >= 4 is 23.5 Å². The molecule has 0 spiro atoms. The predicted molar refractivity (Wildman–Crippen MR) is 128 cm³/mol. The summed E-state index contributed by atoms with van der Waals surface area (Å²) in [6, 6.07) is 5.92. The van der Waals surface area contributed by atoms with E-state index in [4.69, 9.17) is 15.2 Å². The number of ether oxygens (including phenoxy) is 2. The van der Waals surface area contributed by atoms with Gasteiger partial charge in [0.25, 0.3) is 5.91 Å². The molecule has 8 heteroatoms. The first-order chi connectivity index (χ1) is 15.9. The molecule has 1 amide bonds. The van der Waals surface area contributed by atoms with Crippen LogP contribution in [0.5, 0.6) is 5.75 Å². The van der Waals surface area contributed by atoms with Crippen molar-refractivity contribution in [2.45, 2.75) is 84.4 Å². The number of guanidine groups is 1. The molecule has 1 saturated carbocycles. The molecule has 0 unspecified atom stereocenters. The fourth-order valence-corrected chi connectivity index (χ4v) is 4.46. The maximum absolute atomic E-state index is 13.1.